The van der Waals surface area contributed by atoms with E-state index in [4.69, 9.17) is 0 Å². The minimum atomic E-state index is -4.47. The van der Waals surface area contributed by atoms with E-state index in [1.807, 2.05) is 0 Å². The number of carbonyl (C=O) groups is 1. The molecule has 0 atom stereocenters. The number of hydrogen-bond donors (Lipinski definition) is 0. The van der Waals surface area contributed by atoms with Crippen molar-refractivity contribution < 1.29 is 18.0 Å². The summed E-state index contributed by atoms with van der Waals surface area (Å²) in [5.41, 5.74) is -0.937. The van der Waals surface area contributed by atoms with Crippen LogP contribution in [0.15, 0.2) is 12.4 Å². The summed E-state index contributed by atoms with van der Waals surface area (Å²) < 4.78 is 36.9. The van der Waals surface area contributed by atoms with E-state index in [1.165, 1.54) is 14.1 Å². The third kappa shape index (κ3) is 2.04. The first-order chi connectivity index (χ1) is 6.32. The maximum absolute atomic E-state index is 12.1. The molecule has 0 aliphatic carbocycles. The SMILES string of the molecule is CN(C)C(=O)n1cc(C(F)(F)F)cn1. The third-order valence-corrected chi connectivity index (χ3v) is 1.49. The van der Waals surface area contributed by atoms with Gasteiger partial charge in [-0.25, -0.2) is 4.79 Å². The van der Waals surface area contributed by atoms with Gasteiger partial charge in [0.15, 0.2) is 0 Å². The first-order valence-corrected chi connectivity index (χ1v) is 3.66. The van der Waals surface area contributed by atoms with Gasteiger partial charge in [-0.2, -0.15) is 23.0 Å². The highest BCUT2D eigenvalue weighted by molar-refractivity contribution is 5.75. The smallest absolute Gasteiger partial charge is 0.329 e. The average molecular weight is 207 g/mol. The van der Waals surface area contributed by atoms with Crippen molar-refractivity contribution in [2.75, 3.05) is 14.1 Å². The summed E-state index contributed by atoms with van der Waals surface area (Å²) in [5, 5.41) is 3.31. The summed E-state index contributed by atoms with van der Waals surface area (Å²) in [7, 11) is 2.86. The topological polar surface area (TPSA) is 38.1 Å². The Bertz CT molecular complexity index is 342. The van der Waals surface area contributed by atoms with Gasteiger partial charge in [0.05, 0.1) is 11.8 Å². The fourth-order valence-electron chi connectivity index (χ4n) is 0.779. The average Bonchev–Trinajstić information content (AvgIpc) is 2.49. The normalized spacial score (nSPS) is 11.5. The summed E-state index contributed by atoms with van der Waals surface area (Å²) in [4.78, 5) is 12.3. The molecule has 14 heavy (non-hydrogen) atoms. The largest absolute Gasteiger partial charge is 0.419 e. The molecule has 0 radical (unpaired) electrons. The number of aromatic nitrogens is 2. The Hall–Kier alpha value is -1.53. The van der Waals surface area contributed by atoms with Crippen molar-refractivity contribution in [3.8, 4) is 0 Å². The molecule has 0 spiro atoms. The number of alkyl halides is 3. The van der Waals surface area contributed by atoms with Gasteiger partial charge < -0.3 is 4.90 Å². The molecule has 78 valence electrons. The van der Waals surface area contributed by atoms with E-state index in [9.17, 15) is 18.0 Å². The maximum Gasteiger partial charge on any atom is 0.419 e. The molecule has 1 heterocycles. The molecule has 4 nitrogen and oxygen atoms in total. The number of nitrogens with zero attached hydrogens (tertiary/aromatic N) is 3. The minimum Gasteiger partial charge on any atom is -0.329 e. The van der Waals surface area contributed by atoms with Crippen molar-refractivity contribution in [2.45, 2.75) is 6.18 Å². The molecule has 7 heteroatoms. The Morgan fingerprint density at radius 1 is 1.50 bits per heavy atom. The standard InChI is InChI=1S/C7H8F3N3O/c1-12(2)6(14)13-4-5(3-11-13)7(8,9)10/h3-4H,1-2H3. The first kappa shape index (κ1) is 10.6. The van der Waals surface area contributed by atoms with Crippen molar-refractivity contribution in [2.24, 2.45) is 0 Å². The maximum atomic E-state index is 12.1. The van der Waals surface area contributed by atoms with Gasteiger partial charge in [0.2, 0.25) is 0 Å². The zero-order valence-electron chi connectivity index (χ0n) is 7.54. The Morgan fingerprint density at radius 2 is 2.07 bits per heavy atom. The number of hydrogen-bond acceptors (Lipinski definition) is 2. The molecule has 0 saturated heterocycles. The quantitative estimate of drug-likeness (QED) is 0.645. The van der Waals surface area contributed by atoms with Crippen LogP contribution in [0, 0.1) is 0 Å². The van der Waals surface area contributed by atoms with Crippen molar-refractivity contribution >= 4 is 6.03 Å². The number of rotatable bonds is 0. The van der Waals surface area contributed by atoms with Gasteiger partial charge in [-0.15, -0.1) is 0 Å². The monoisotopic (exact) mass is 207 g/mol. The van der Waals surface area contributed by atoms with Gasteiger partial charge in [-0.3, -0.25) is 0 Å². The lowest BCUT2D eigenvalue weighted by atomic mass is 10.4. The summed E-state index contributed by atoms with van der Waals surface area (Å²) in [6.07, 6.45) is -3.20. The van der Waals surface area contributed by atoms with Crippen LogP contribution in [0.2, 0.25) is 0 Å². The van der Waals surface area contributed by atoms with E-state index < -0.39 is 17.8 Å². The molecule has 0 aliphatic heterocycles. The molecule has 1 aromatic heterocycles. The van der Waals surface area contributed by atoms with Crippen LogP contribution in [-0.4, -0.2) is 34.8 Å². The Labute approximate surface area is 77.9 Å². The molecule has 0 aliphatic rings. The highest BCUT2D eigenvalue weighted by Crippen LogP contribution is 2.28. The van der Waals surface area contributed by atoms with Crippen LogP contribution < -0.4 is 0 Å². The molecule has 0 unspecified atom stereocenters. The van der Waals surface area contributed by atoms with Gasteiger partial charge >= 0.3 is 12.2 Å². The second-order valence-corrected chi connectivity index (χ2v) is 2.85. The Morgan fingerprint density at radius 3 is 2.43 bits per heavy atom. The molecular formula is C7H8F3N3O. The summed E-state index contributed by atoms with van der Waals surface area (Å²) >= 11 is 0. The second kappa shape index (κ2) is 3.32. The molecule has 0 bridgehead atoms. The fraction of sp³-hybridized carbons (Fsp3) is 0.429. The molecule has 1 rings (SSSR count). The van der Waals surface area contributed by atoms with Crippen LogP contribution in [-0.2, 0) is 6.18 Å². The fourth-order valence-corrected chi connectivity index (χ4v) is 0.779. The molecular weight excluding hydrogens is 199 g/mol. The van der Waals surface area contributed by atoms with Crippen molar-refractivity contribution in [1.29, 1.82) is 0 Å². The first-order valence-electron chi connectivity index (χ1n) is 3.66. The molecule has 1 amide bonds. The number of carbonyl (C=O) groups excluding carboxylic acids is 1. The van der Waals surface area contributed by atoms with Crippen molar-refractivity contribution in [1.82, 2.24) is 14.7 Å². The lowest BCUT2D eigenvalue weighted by Gasteiger charge is -2.08. The van der Waals surface area contributed by atoms with Gasteiger partial charge in [0, 0.05) is 20.3 Å². The van der Waals surface area contributed by atoms with Crippen LogP contribution in [0.1, 0.15) is 5.56 Å². The van der Waals surface area contributed by atoms with Crippen LogP contribution in [0.25, 0.3) is 0 Å². The van der Waals surface area contributed by atoms with Crippen LogP contribution in [0.5, 0.6) is 0 Å². The van der Waals surface area contributed by atoms with Crippen LogP contribution in [0.3, 0.4) is 0 Å². The van der Waals surface area contributed by atoms with E-state index >= 15 is 0 Å². The number of halogens is 3. The molecule has 0 N–H and O–H groups in total. The van der Waals surface area contributed by atoms with Crippen LogP contribution >= 0.6 is 0 Å². The molecule has 0 saturated carbocycles. The Balaban J connectivity index is 2.95. The van der Waals surface area contributed by atoms with Crippen molar-refractivity contribution in [3.05, 3.63) is 18.0 Å². The van der Waals surface area contributed by atoms with E-state index in [2.05, 4.69) is 5.10 Å². The van der Waals surface area contributed by atoms with E-state index in [0.717, 1.165) is 4.90 Å². The zero-order valence-corrected chi connectivity index (χ0v) is 7.54. The summed E-state index contributed by atoms with van der Waals surface area (Å²) in [6, 6.07) is -0.625. The Kier molecular flexibility index (Phi) is 2.50. The van der Waals surface area contributed by atoms with E-state index in [-0.39, 0.29) is 0 Å². The van der Waals surface area contributed by atoms with Gasteiger partial charge in [0.25, 0.3) is 0 Å². The lowest BCUT2D eigenvalue weighted by molar-refractivity contribution is -0.137. The lowest BCUT2D eigenvalue weighted by Crippen LogP contribution is -2.27. The molecule has 0 fully saturated rings. The zero-order chi connectivity index (χ0) is 10.9. The van der Waals surface area contributed by atoms with Gasteiger partial charge in [-0.1, -0.05) is 0 Å². The predicted octanol–water partition coefficient (Wildman–Crippen LogP) is 1.43. The predicted molar refractivity (Wildman–Crippen MR) is 41.7 cm³/mol. The summed E-state index contributed by atoms with van der Waals surface area (Å²) in [5.74, 6) is 0. The molecule has 0 aromatic carbocycles. The number of amides is 1. The second-order valence-electron chi connectivity index (χ2n) is 2.85. The van der Waals surface area contributed by atoms with Gasteiger partial charge in [0.1, 0.15) is 0 Å². The highest BCUT2D eigenvalue weighted by atomic mass is 19.4. The third-order valence-electron chi connectivity index (χ3n) is 1.49. The molecule has 1 aromatic rings. The minimum absolute atomic E-state index is 0.612. The highest BCUT2D eigenvalue weighted by Gasteiger charge is 2.32. The van der Waals surface area contributed by atoms with E-state index in [1.54, 1.807) is 0 Å². The summed E-state index contributed by atoms with van der Waals surface area (Å²) in [6.45, 7) is 0. The van der Waals surface area contributed by atoms with Crippen LogP contribution in [0.4, 0.5) is 18.0 Å². The van der Waals surface area contributed by atoms with E-state index in [0.29, 0.717) is 17.1 Å². The van der Waals surface area contributed by atoms with Crippen molar-refractivity contribution in [3.63, 3.8) is 0 Å². The van der Waals surface area contributed by atoms with Gasteiger partial charge in [-0.05, 0) is 0 Å².